The Bertz CT molecular complexity index is 324. The maximum Gasteiger partial charge on any atom is 0.179 e. The van der Waals surface area contributed by atoms with Crippen LogP contribution >= 0.6 is 0 Å². The van der Waals surface area contributed by atoms with Crippen LogP contribution in [0, 0.1) is 0 Å². The van der Waals surface area contributed by atoms with Crippen molar-refractivity contribution in [2.75, 3.05) is 7.11 Å². The van der Waals surface area contributed by atoms with Crippen molar-refractivity contribution in [3.63, 3.8) is 0 Å². The second-order valence-electron chi connectivity index (χ2n) is 3.54. The number of aliphatic hydroxyl groups is 1. The van der Waals surface area contributed by atoms with Gasteiger partial charge in [-0.1, -0.05) is 13.8 Å². The first-order valence-electron chi connectivity index (χ1n) is 5.55. The van der Waals surface area contributed by atoms with Gasteiger partial charge in [-0.3, -0.25) is 4.98 Å². The Morgan fingerprint density at radius 2 is 2.00 bits per heavy atom. The van der Waals surface area contributed by atoms with Crippen LogP contribution in [0.5, 0.6) is 11.5 Å². The molecule has 0 unspecified atom stereocenters. The third-order valence-corrected chi connectivity index (χ3v) is 2.47. The molecule has 1 heterocycles. The second kappa shape index (κ2) is 6.33. The molecule has 0 aromatic carbocycles. The largest absolute Gasteiger partial charge is 0.491 e. The van der Waals surface area contributed by atoms with Gasteiger partial charge in [-0.2, -0.15) is 0 Å². The van der Waals surface area contributed by atoms with E-state index >= 15 is 0 Å². The van der Waals surface area contributed by atoms with Gasteiger partial charge in [0.2, 0.25) is 0 Å². The van der Waals surface area contributed by atoms with E-state index in [4.69, 9.17) is 14.6 Å². The number of pyridine rings is 1. The number of ether oxygens (including phenoxy) is 2. The third kappa shape index (κ3) is 3.10. The predicted molar refractivity (Wildman–Crippen MR) is 61.7 cm³/mol. The van der Waals surface area contributed by atoms with Gasteiger partial charge in [-0.25, -0.2) is 0 Å². The van der Waals surface area contributed by atoms with Crippen LogP contribution in [0.15, 0.2) is 12.3 Å². The van der Waals surface area contributed by atoms with Crippen LogP contribution in [-0.2, 0) is 6.61 Å². The Balaban J connectivity index is 2.90. The highest BCUT2D eigenvalue weighted by Crippen LogP contribution is 2.28. The van der Waals surface area contributed by atoms with Crippen molar-refractivity contribution >= 4 is 0 Å². The van der Waals surface area contributed by atoms with Crippen molar-refractivity contribution in [2.24, 2.45) is 0 Å². The normalized spacial score (nSPS) is 10.6. The molecular weight excluding hydrogens is 206 g/mol. The average Bonchev–Trinajstić information content (AvgIpc) is 2.35. The van der Waals surface area contributed by atoms with Crippen LogP contribution in [0.4, 0.5) is 0 Å². The van der Waals surface area contributed by atoms with E-state index in [1.807, 2.05) is 0 Å². The standard InChI is InChI=1S/C12H19NO3/c1-4-10(5-2)16-11-6-9(8-14)13-7-12(11)15-3/h6-7,10,14H,4-5,8H2,1-3H3. The van der Waals surface area contributed by atoms with Crippen molar-refractivity contribution in [3.05, 3.63) is 18.0 Å². The van der Waals surface area contributed by atoms with E-state index in [1.54, 1.807) is 19.4 Å². The summed E-state index contributed by atoms with van der Waals surface area (Å²) in [6, 6.07) is 1.72. The summed E-state index contributed by atoms with van der Waals surface area (Å²) in [5, 5.41) is 9.02. The van der Waals surface area contributed by atoms with Crippen molar-refractivity contribution in [1.82, 2.24) is 4.98 Å². The molecule has 0 saturated carbocycles. The lowest BCUT2D eigenvalue weighted by molar-refractivity contribution is 0.183. The van der Waals surface area contributed by atoms with Gasteiger partial charge in [-0.15, -0.1) is 0 Å². The zero-order chi connectivity index (χ0) is 12.0. The monoisotopic (exact) mass is 225 g/mol. The van der Waals surface area contributed by atoms with E-state index < -0.39 is 0 Å². The molecule has 4 heteroatoms. The van der Waals surface area contributed by atoms with E-state index in [0.29, 0.717) is 17.2 Å². The van der Waals surface area contributed by atoms with Gasteiger partial charge in [-0.05, 0) is 12.8 Å². The van der Waals surface area contributed by atoms with Gasteiger partial charge in [0.25, 0.3) is 0 Å². The maximum absolute atomic E-state index is 9.02. The Morgan fingerprint density at radius 1 is 1.31 bits per heavy atom. The molecule has 90 valence electrons. The molecule has 1 aromatic rings. The van der Waals surface area contributed by atoms with Crippen LogP contribution in [0.1, 0.15) is 32.4 Å². The first kappa shape index (κ1) is 12.8. The van der Waals surface area contributed by atoms with E-state index in [-0.39, 0.29) is 12.7 Å². The number of aromatic nitrogens is 1. The summed E-state index contributed by atoms with van der Waals surface area (Å²) in [6.45, 7) is 4.06. The highest BCUT2D eigenvalue weighted by Gasteiger charge is 2.11. The molecule has 0 aliphatic carbocycles. The van der Waals surface area contributed by atoms with Gasteiger partial charge in [0.1, 0.15) is 0 Å². The maximum atomic E-state index is 9.02. The van der Waals surface area contributed by atoms with Crippen molar-refractivity contribution in [3.8, 4) is 11.5 Å². The third-order valence-electron chi connectivity index (χ3n) is 2.47. The lowest BCUT2D eigenvalue weighted by atomic mass is 10.2. The molecule has 1 rings (SSSR count). The highest BCUT2D eigenvalue weighted by atomic mass is 16.5. The fourth-order valence-electron chi connectivity index (χ4n) is 1.43. The molecule has 4 nitrogen and oxygen atoms in total. The fourth-order valence-corrected chi connectivity index (χ4v) is 1.43. The molecular formula is C12H19NO3. The Hall–Kier alpha value is -1.29. The minimum atomic E-state index is -0.0940. The van der Waals surface area contributed by atoms with Crippen LogP contribution in [0.25, 0.3) is 0 Å². The van der Waals surface area contributed by atoms with E-state index in [1.165, 1.54) is 0 Å². The summed E-state index contributed by atoms with van der Waals surface area (Å²) in [4.78, 5) is 4.03. The molecule has 1 N–H and O–H groups in total. The molecule has 16 heavy (non-hydrogen) atoms. The van der Waals surface area contributed by atoms with Gasteiger partial charge >= 0.3 is 0 Å². The molecule has 1 aromatic heterocycles. The zero-order valence-corrected chi connectivity index (χ0v) is 10.1. The Morgan fingerprint density at radius 3 is 2.50 bits per heavy atom. The number of hydrogen-bond acceptors (Lipinski definition) is 4. The van der Waals surface area contributed by atoms with Crippen molar-refractivity contribution in [2.45, 2.75) is 39.4 Å². The van der Waals surface area contributed by atoms with Gasteiger partial charge < -0.3 is 14.6 Å². The average molecular weight is 225 g/mol. The van der Waals surface area contributed by atoms with Crippen LogP contribution in [0.3, 0.4) is 0 Å². The minimum Gasteiger partial charge on any atom is -0.491 e. The Kier molecular flexibility index (Phi) is 5.05. The molecule has 0 aliphatic heterocycles. The quantitative estimate of drug-likeness (QED) is 0.806. The van der Waals surface area contributed by atoms with E-state index in [9.17, 15) is 0 Å². The lowest BCUT2D eigenvalue weighted by Crippen LogP contribution is -2.14. The number of methoxy groups -OCH3 is 1. The fraction of sp³-hybridized carbons (Fsp3) is 0.583. The SMILES string of the molecule is CCC(CC)Oc1cc(CO)ncc1OC. The number of hydrogen-bond donors (Lipinski definition) is 1. The molecule has 0 aliphatic rings. The molecule has 0 amide bonds. The summed E-state index contributed by atoms with van der Waals surface area (Å²) >= 11 is 0. The first-order valence-corrected chi connectivity index (χ1v) is 5.55. The van der Waals surface area contributed by atoms with Crippen LogP contribution < -0.4 is 9.47 Å². The molecule has 0 saturated heterocycles. The van der Waals surface area contributed by atoms with Gasteiger partial charge in [0.05, 0.1) is 31.7 Å². The second-order valence-corrected chi connectivity index (χ2v) is 3.54. The summed E-state index contributed by atoms with van der Waals surface area (Å²) in [5.41, 5.74) is 0.585. The van der Waals surface area contributed by atoms with Crippen LogP contribution in [-0.4, -0.2) is 23.3 Å². The smallest absolute Gasteiger partial charge is 0.179 e. The summed E-state index contributed by atoms with van der Waals surface area (Å²) in [5.74, 6) is 1.25. The van der Waals surface area contributed by atoms with E-state index in [2.05, 4.69) is 18.8 Å². The number of nitrogens with zero attached hydrogens (tertiary/aromatic N) is 1. The molecule has 0 radical (unpaired) electrons. The molecule has 0 bridgehead atoms. The molecule has 0 spiro atoms. The summed E-state index contributed by atoms with van der Waals surface area (Å²) in [7, 11) is 1.58. The first-order chi connectivity index (χ1) is 7.74. The molecule has 0 fully saturated rings. The minimum absolute atomic E-state index is 0.0940. The lowest BCUT2D eigenvalue weighted by Gasteiger charge is -2.17. The van der Waals surface area contributed by atoms with Crippen LogP contribution in [0.2, 0.25) is 0 Å². The number of rotatable bonds is 6. The summed E-state index contributed by atoms with van der Waals surface area (Å²) < 4.78 is 11.0. The zero-order valence-electron chi connectivity index (χ0n) is 10.1. The van der Waals surface area contributed by atoms with Gasteiger partial charge in [0.15, 0.2) is 11.5 Å². The number of aliphatic hydroxyl groups excluding tert-OH is 1. The molecule has 0 atom stereocenters. The topological polar surface area (TPSA) is 51.6 Å². The summed E-state index contributed by atoms with van der Waals surface area (Å²) in [6.07, 6.45) is 3.62. The van der Waals surface area contributed by atoms with E-state index in [0.717, 1.165) is 12.8 Å². The Labute approximate surface area is 96.2 Å². The highest BCUT2D eigenvalue weighted by molar-refractivity contribution is 5.39. The predicted octanol–water partition coefficient (Wildman–Crippen LogP) is 2.15. The van der Waals surface area contributed by atoms with Crippen molar-refractivity contribution < 1.29 is 14.6 Å². The van der Waals surface area contributed by atoms with Gasteiger partial charge in [0, 0.05) is 6.07 Å². The van der Waals surface area contributed by atoms with Crippen molar-refractivity contribution in [1.29, 1.82) is 0 Å².